The monoisotopic (exact) mass is 354 g/mol. The Hall–Kier alpha value is -1.96. The van der Waals surface area contributed by atoms with Crippen molar-refractivity contribution >= 4 is 35.6 Å². The fourth-order valence-electron chi connectivity index (χ4n) is 1.95. The molecule has 0 saturated heterocycles. The van der Waals surface area contributed by atoms with E-state index in [0.717, 1.165) is 10.6 Å². The van der Waals surface area contributed by atoms with E-state index in [1.807, 2.05) is 12.1 Å². The van der Waals surface area contributed by atoms with Gasteiger partial charge in [-0.05, 0) is 17.7 Å². The van der Waals surface area contributed by atoms with Gasteiger partial charge in [-0.1, -0.05) is 12.1 Å². The Balaban J connectivity index is 0.00000264. The highest BCUT2D eigenvalue weighted by Gasteiger charge is 2.15. The number of nitrogens with zero attached hydrogens (tertiary/aromatic N) is 2. The molecule has 0 fully saturated rings. The van der Waals surface area contributed by atoms with Crippen LogP contribution >= 0.6 is 23.7 Å². The van der Waals surface area contributed by atoms with Crippen LogP contribution in [0.5, 0.6) is 0 Å². The molecule has 2 aromatic rings. The fourth-order valence-corrected chi connectivity index (χ4v) is 2.60. The number of nitrogens with one attached hydrogen (secondary N) is 1. The quantitative estimate of drug-likeness (QED) is 0.854. The van der Waals surface area contributed by atoms with E-state index in [1.165, 1.54) is 11.3 Å². The van der Waals surface area contributed by atoms with E-state index in [0.29, 0.717) is 24.3 Å². The number of halogens is 1. The molecule has 0 saturated carbocycles. The number of hydrogen-bond acceptors (Lipinski definition) is 5. The number of thiazole rings is 1. The molecule has 0 unspecified atom stereocenters. The van der Waals surface area contributed by atoms with Gasteiger partial charge in [0.15, 0.2) is 0 Å². The summed E-state index contributed by atoms with van der Waals surface area (Å²) in [4.78, 5) is 29.5. The third-order valence-electron chi connectivity index (χ3n) is 3.16. The van der Waals surface area contributed by atoms with Crippen LogP contribution in [-0.2, 0) is 13.1 Å². The second kappa shape index (κ2) is 8.61. The summed E-state index contributed by atoms with van der Waals surface area (Å²) in [6.45, 7) is 0.783. The Kier molecular flexibility index (Phi) is 7.15. The maximum atomic E-state index is 12.3. The van der Waals surface area contributed by atoms with Gasteiger partial charge in [0.1, 0.15) is 10.7 Å². The third kappa shape index (κ3) is 4.75. The van der Waals surface area contributed by atoms with Crippen LogP contribution in [0.1, 0.15) is 31.4 Å². The van der Waals surface area contributed by atoms with Gasteiger partial charge >= 0.3 is 0 Å². The van der Waals surface area contributed by atoms with Crippen molar-refractivity contribution < 1.29 is 9.59 Å². The summed E-state index contributed by atoms with van der Waals surface area (Å²) in [6, 6.07) is 7.14. The lowest BCUT2D eigenvalue weighted by Crippen LogP contribution is -2.26. The molecule has 0 aliphatic heterocycles. The van der Waals surface area contributed by atoms with Gasteiger partial charge in [-0.3, -0.25) is 9.59 Å². The molecule has 23 heavy (non-hydrogen) atoms. The highest BCUT2D eigenvalue weighted by Crippen LogP contribution is 2.13. The maximum Gasteiger partial charge on any atom is 0.273 e. The Morgan fingerprint density at radius 2 is 1.96 bits per heavy atom. The molecule has 124 valence electrons. The SMILES string of the molecule is CNC(=O)c1ccc(CN(C)C(=O)c2csc(CN)n2)cc1.Cl. The van der Waals surface area contributed by atoms with Crippen LogP contribution in [0.25, 0.3) is 0 Å². The van der Waals surface area contributed by atoms with E-state index in [1.54, 1.807) is 36.5 Å². The summed E-state index contributed by atoms with van der Waals surface area (Å²) in [5, 5.41) is 5.03. The zero-order chi connectivity index (χ0) is 16.1. The molecule has 0 spiro atoms. The minimum absolute atomic E-state index is 0. The van der Waals surface area contributed by atoms with Crippen molar-refractivity contribution in [1.29, 1.82) is 0 Å². The first-order chi connectivity index (χ1) is 10.5. The van der Waals surface area contributed by atoms with Crippen molar-refractivity contribution in [2.75, 3.05) is 14.1 Å². The Morgan fingerprint density at radius 3 is 2.48 bits per heavy atom. The average molecular weight is 355 g/mol. The van der Waals surface area contributed by atoms with E-state index in [9.17, 15) is 9.59 Å². The molecule has 0 radical (unpaired) electrons. The standard InChI is InChI=1S/C15H18N4O2S.ClH/c1-17-14(20)11-5-3-10(4-6-11)8-19(2)15(21)12-9-22-13(7-16)18-12;/h3-6,9H,7-8,16H2,1-2H3,(H,17,20);1H. The minimum Gasteiger partial charge on any atom is -0.355 e. The summed E-state index contributed by atoms with van der Waals surface area (Å²) in [7, 11) is 3.31. The summed E-state index contributed by atoms with van der Waals surface area (Å²) in [5.41, 5.74) is 7.45. The second-order valence-electron chi connectivity index (χ2n) is 4.77. The third-order valence-corrected chi connectivity index (χ3v) is 4.03. The fraction of sp³-hybridized carbons (Fsp3) is 0.267. The second-order valence-corrected chi connectivity index (χ2v) is 5.71. The maximum absolute atomic E-state index is 12.3. The molecular weight excluding hydrogens is 336 g/mol. The molecule has 2 amide bonds. The smallest absolute Gasteiger partial charge is 0.273 e. The lowest BCUT2D eigenvalue weighted by atomic mass is 10.1. The van der Waals surface area contributed by atoms with Gasteiger partial charge in [0.2, 0.25) is 0 Å². The summed E-state index contributed by atoms with van der Waals surface area (Å²) < 4.78 is 0. The molecule has 0 bridgehead atoms. The van der Waals surface area contributed by atoms with Gasteiger partial charge in [-0.2, -0.15) is 0 Å². The number of carbonyl (C=O) groups excluding carboxylic acids is 2. The normalized spacial score (nSPS) is 9.87. The predicted molar refractivity (Wildman–Crippen MR) is 92.9 cm³/mol. The zero-order valence-corrected chi connectivity index (χ0v) is 14.5. The number of benzene rings is 1. The van der Waals surface area contributed by atoms with Crippen molar-refractivity contribution in [2.45, 2.75) is 13.1 Å². The predicted octanol–water partition coefficient (Wildman–Crippen LogP) is 1.66. The topological polar surface area (TPSA) is 88.3 Å². The molecule has 8 heteroatoms. The van der Waals surface area contributed by atoms with Crippen LogP contribution in [0.4, 0.5) is 0 Å². The Morgan fingerprint density at radius 1 is 1.30 bits per heavy atom. The van der Waals surface area contributed by atoms with Crippen molar-refractivity contribution in [2.24, 2.45) is 5.73 Å². The summed E-state index contributed by atoms with van der Waals surface area (Å²) in [5.74, 6) is -0.279. The summed E-state index contributed by atoms with van der Waals surface area (Å²) in [6.07, 6.45) is 0. The van der Waals surface area contributed by atoms with Crippen molar-refractivity contribution in [3.05, 3.63) is 51.5 Å². The van der Waals surface area contributed by atoms with Gasteiger partial charge in [-0.15, -0.1) is 23.7 Å². The summed E-state index contributed by atoms with van der Waals surface area (Å²) >= 11 is 1.38. The van der Waals surface area contributed by atoms with Crippen LogP contribution in [0.2, 0.25) is 0 Å². The number of aromatic nitrogens is 1. The largest absolute Gasteiger partial charge is 0.355 e. The molecule has 2 rings (SSSR count). The van der Waals surface area contributed by atoms with Crippen molar-refractivity contribution in [1.82, 2.24) is 15.2 Å². The van der Waals surface area contributed by atoms with E-state index >= 15 is 0 Å². The highest BCUT2D eigenvalue weighted by atomic mass is 35.5. The van der Waals surface area contributed by atoms with Gasteiger partial charge in [0.25, 0.3) is 11.8 Å². The molecular formula is C15H19ClN4O2S. The molecule has 6 nitrogen and oxygen atoms in total. The van der Waals surface area contributed by atoms with Gasteiger partial charge in [0.05, 0.1) is 0 Å². The molecule has 3 N–H and O–H groups in total. The lowest BCUT2D eigenvalue weighted by Gasteiger charge is -2.16. The van der Waals surface area contributed by atoms with E-state index < -0.39 is 0 Å². The lowest BCUT2D eigenvalue weighted by molar-refractivity contribution is 0.0779. The van der Waals surface area contributed by atoms with Crippen LogP contribution in [0.3, 0.4) is 0 Å². The van der Waals surface area contributed by atoms with Crippen LogP contribution in [-0.4, -0.2) is 35.8 Å². The van der Waals surface area contributed by atoms with Gasteiger partial charge in [0, 0.05) is 38.1 Å². The number of amides is 2. The van der Waals surface area contributed by atoms with E-state index in [2.05, 4.69) is 10.3 Å². The van der Waals surface area contributed by atoms with Crippen LogP contribution in [0.15, 0.2) is 29.6 Å². The van der Waals surface area contributed by atoms with Crippen molar-refractivity contribution in [3.63, 3.8) is 0 Å². The Bertz CT molecular complexity index is 672. The number of nitrogens with two attached hydrogens (primary N) is 1. The first kappa shape index (κ1) is 19.1. The van der Waals surface area contributed by atoms with Gasteiger partial charge < -0.3 is 16.0 Å². The first-order valence-corrected chi connectivity index (χ1v) is 7.64. The molecule has 0 atom stereocenters. The van der Waals surface area contributed by atoms with Crippen LogP contribution in [0, 0.1) is 0 Å². The van der Waals surface area contributed by atoms with E-state index in [-0.39, 0.29) is 24.2 Å². The van der Waals surface area contributed by atoms with E-state index in [4.69, 9.17) is 5.73 Å². The first-order valence-electron chi connectivity index (χ1n) is 6.76. The molecule has 0 aliphatic carbocycles. The molecule has 1 aromatic heterocycles. The Labute approximate surface area is 145 Å². The number of carbonyl (C=O) groups is 2. The molecule has 1 heterocycles. The van der Waals surface area contributed by atoms with Crippen molar-refractivity contribution in [3.8, 4) is 0 Å². The average Bonchev–Trinajstić information content (AvgIpc) is 3.03. The minimum atomic E-state index is -0.147. The molecule has 1 aromatic carbocycles. The number of hydrogen-bond donors (Lipinski definition) is 2. The highest BCUT2D eigenvalue weighted by molar-refractivity contribution is 7.09. The molecule has 0 aliphatic rings. The van der Waals surface area contributed by atoms with Gasteiger partial charge in [-0.25, -0.2) is 4.98 Å². The van der Waals surface area contributed by atoms with Crippen LogP contribution < -0.4 is 11.1 Å². The number of rotatable bonds is 5. The zero-order valence-electron chi connectivity index (χ0n) is 12.9.